The zero-order valence-corrected chi connectivity index (χ0v) is 19.0. The second kappa shape index (κ2) is 11.0. The molecule has 0 saturated carbocycles. The lowest BCUT2D eigenvalue weighted by Gasteiger charge is -2.22. The Kier molecular flexibility index (Phi) is 8.10. The number of aliphatic imine (C=N–C) groups is 1. The molecule has 1 heterocycles. The van der Waals surface area contributed by atoms with Gasteiger partial charge >= 0.3 is 0 Å². The molecular weight excluding hydrogens is 406 g/mol. The van der Waals surface area contributed by atoms with Crippen LogP contribution in [-0.2, 0) is 19.3 Å². The van der Waals surface area contributed by atoms with Crippen molar-refractivity contribution in [1.82, 2.24) is 15.3 Å². The number of aryl methyl sites for hydroxylation is 2. The first kappa shape index (κ1) is 23.6. The molecule has 9 nitrogen and oxygen atoms in total. The summed E-state index contributed by atoms with van der Waals surface area (Å²) in [6, 6.07) is 4.34. The number of nitrogens with two attached hydrogens (primary N) is 3. The average molecular weight is 442 g/mol. The molecule has 1 aliphatic carbocycles. The van der Waals surface area contributed by atoms with Crippen LogP contribution < -0.4 is 27.3 Å². The number of nitrogens with zero attached hydrogens (tertiary/aromatic N) is 3. The topological polar surface area (TPSA) is 158 Å². The second-order valence-electron chi connectivity index (χ2n) is 8.06. The van der Waals surface area contributed by atoms with Gasteiger partial charge < -0.3 is 32.4 Å². The van der Waals surface area contributed by atoms with Gasteiger partial charge in [0.1, 0.15) is 17.3 Å². The molecule has 0 saturated heterocycles. The van der Waals surface area contributed by atoms with Crippen LogP contribution in [0, 0.1) is 6.92 Å². The molecule has 9 heteroatoms. The average Bonchev–Trinajstić information content (AvgIpc) is 2.77. The fraction of sp³-hybridized carbons (Fsp3) is 0.522. The summed E-state index contributed by atoms with van der Waals surface area (Å²) in [6.45, 7) is 4.98. The molecule has 2 aromatic rings. The third-order valence-electron chi connectivity index (χ3n) is 5.73. The molecule has 0 radical (unpaired) electrons. The predicted octanol–water partition coefficient (Wildman–Crippen LogP) is 2.15. The van der Waals surface area contributed by atoms with Gasteiger partial charge in [-0.2, -0.15) is 0 Å². The third-order valence-corrected chi connectivity index (χ3v) is 5.73. The van der Waals surface area contributed by atoms with Crippen molar-refractivity contribution in [1.29, 1.82) is 0 Å². The SMILES string of the molecule is CCOc1ccc(CCCCN=C(N)NC(O)c2nc(C)c(N)nc2N)c2c1CCCC2. The largest absolute Gasteiger partial charge is 0.494 e. The second-order valence-corrected chi connectivity index (χ2v) is 8.06. The van der Waals surface area contributed by atoms with Crippen LogP contribution in [0.5, 0.6) is 5.75 Å². The maximum atomic E-state index is 10.3. The van der Waals surface area contributed by atoms with E-state index in [-0.39, 0.29) is 23.3 Å². The van der Waals surface area contributed by atoms with Crippen molar-refractivity contribution in [2.45, 2.75) is 65.0 Å². The highest BCUT2D eigenvalue weighted by molar-refractivity contribution is 5.78. The molecule has 32 heavy (non-hydrogen) atoms. The van der Waals surface area contributed by atoms with E-state index < -0.39 is 6.23 Å². The number of hydrogen-bond donors (Lipinski definition) is 5. The molecule has 1 aromatic carbocycles. The summed E-state index contributed by atoms with van der Waals surface area (Å²) < 4.78 is 5.83. The minimum Gasteiger partial charge on any atom is -0.494 e. The van der Waals surface area contributed by atoms with Gasteiger partial charge in [-0.3, -0.25) is 4.99 Å². The summed E-state index contributed by atoms with van der Waals surface area (Å²) >= 11 is 0. The Bertz CT molecular complexity index is 962. The zero-order valence-electron chi connectivity index (χ0n) is 19.0. The van der Waals surface area contributed by atoms with Crippen molar-refractivity contribution in [3.8, 4) is 5.75 Å². The molecule has 3 rings (SSSR count). The minimum atomic E-state index is -1.21. The number of guanidine groups is 1. The number of aliphatic hydroxyl groups excluding tert-OH is 1. The number of nitrogen functional groups attached to an aromatic ring is 2. The van der Waals surface area contributed by atoms with Crippen molar-refractivity contribution < 1.29 is 9.84 Å². The van der Waals surface area contributed by atoms with Gasteiger partial charge in [0.2, 0.25) is 0 Å². The van der Waals surface area contributed by atoms with E-state index in [2.05, 4.69) is 32.4 Å². The summed E-state index contributed by atoms with van der Waals surface area (Å²) in [5.74, 6) is 1.47. The van der Waals surface area contributed by atoms with Gasteiger partial charge in [0, 0.05) is 6.54 Å². The van der Waals surface area contributed by atoms with Gasteiger partial charge in [0.05, 0.1) is 12.3 Å². The lowest BCUT2D eigenvalue weighted by atomic mass is 9.86. The molecule has 174 valence electrons. The summed E-state index contributed by atoms with van der Waals surface area (Å²) in [6.07, 6.45) is 6.42. The van der Waals surface area contributed by atoms with E-state index in [1.54, 1.807) is 6.92 Å². The summed E-state index contributed by atoms with van der Waals surface area (Å²) in [7, 11) is 0. The van der Waals surface area contributed by atoms with E-state index in [4.69, 9.17) is 21.9 Å². The number of rotatable bonds is 9. The third kappa shape index (κ3) is 5.79. The Morgan fingerprint density at radius 3 is 2.66 bits per heavy atom. The zero-order chi connectivity index (χ0) is 23.1. The number of fused-ring (bicyclic) bond motifs is 1. The number of hydrogen-bond acceptors (Lipinski definition) is 7. The first-order chi connectivity index (χ1) is 15.4. The molecule has 0 amide bonds. The van der Waals surface area contributed by atoms with Gasteiger partial charge in [-0.1, -0.05) is 6.07 Å². The number of aliphatic hydroxyl groups is 1. The summed E-state index contributed by atoms with van der Waals surface area (Å²) in [5.41, 5.74) is 22.3. The Morgan fingerprint density at radius 2 is 1.91 bits per heavy atom. The molecule has 0 bridgehead atoms. The lowest BCUT2D eigenvalue weighted by molar-refractivity contribution is 0.158. The number of unbranched alkanes of at least 4 members (excludes halogenated alkanes) is 1. The van der Waals surface area contributed by atoms with Gasteiger partial charge in [0.25, 0.3) is 0 Å². The van der Waals surface area contributed by atoms with E-state index >= 15 is 0 Å². The van der Waals surface area contributed by atoms with Crippen LogP contribution in [0.1, 0.15) is 66.9 Å². The van der Waals surface area contributed by atoms with Crippen molar-refractivity contribution in [2.75, 3.05) is 24.6 Å². The predicted molar refractivity (Wildman–Crippen MR) is 127 cm³/mol. The Balaban J connectivity index is 1.50. The number of ether oxygens (including phenoxy) is 1. The van der Waals surface area contributed by atoms with Crippen LogP contribution in [0.3, 0.4) is 0 Å². The molecule has 0 aliphatic heterocycles. The normalized spacial score (nSPS) is 14.7. The van der Waals surface area contributed by atoms with Crippen molar-refractivity contribution in [3.63, 3.8) is 0 Å². The van der Waals surface area contributed by atoms with E-state index in [0.717, 1.165) is 37.9 Å². The first-order valence-corrected chi connectivity index (χ1v) is 11.3. The van der Waals surface area contributed by atoms with E-state index in [9.17, 15) is 5.11 Å². The Labute approximate surface area is 189 Å². The summed E-state index contributed by atoms with van der Waals surface area (Å²) in [4.78, 5) is 12.5. The van der Waals surface area contributed by atoms with E-state index in [1.165, 1.54) is 29.5 Å². The first-order valence-electron chi connectivity index (χ1n) is 11.3. The number of aromatic nitrogens is 2. The Morgan fingerprint density at radius 1 is 1.16 bits per heavy atom. The van der Waals surface area contributed by atoms with Crippen LogP contribution >= 0.6 is 0 Å². The van der Waals surface area contributed by atoms with Crippen LogP contribution in [0.25, 0.3) is 0 Å². The number of benzene rings is 1. The number of anilines is 2. The lowest BCUT2D eigenvalue weighted by Crippen LogP contribution is -2.36. The molecule has 0 spiro atoms. The van der Waals surface area contributed by atoms with Crippen molar-refractivity contribution >= 4 is 17.6 Å². The quantitative estimate of drug-likeness (QED) is 0.171. The fourth-order valence-electron chi connectivity index (χ4n) is 4.08. The van der Waals surface area contributed by atoms with Crippen LogP contribution in [-0.4, -0.2) is 34.2 Å². The smallest absolute Gasteiger partial charge is 0.190 e. The van der Waals surface area contributed by atoms with Gasteiger partial charge in [-0.25, -0.2) is 9.97 Å². The van der Waals surface area contributed by atoms with Crippen LogP contribution in [0.15, 0.2) is 17.1 Å². The molecule has 1 aromatic heterocycles. The van der Waals surface area contributed by atoms with Crippen molar-refractivity contribution in [3.05, 3.63) is 40.2 Å². The molecular formula is C23H35N7O2. The van der Waals surface area contributed by atoms with Crippen LogP contribution in [0.2, 0.25) is 0 Å². The highest BCUT2D eigenvalue weighted by Gasteiger charge is 2.18. The summed E-state index contributed by atoms with van der Waals surface area (Å²) in [5, 5.41) is 13.0. The van der Waals surface area contributed by atoms with Gasteiger partial charge in [-0.05, 0) is 81.5 Å². The standard InChI is InChI=1S/C23H35N7O2/c1-3-32-18-12-11-15(16-9-4-5-10-17(16)18)8-6-7-13-27-23(26)30-22(31)19-21(25)29-20(24)14(2)28-19/h11-12,22,31H,3-10,13H2,1-2H3,(H4,24,25,29)(H3,26,27,30). The van der Waals surface area contributed by atoms with E-state index in [1.807, 2.05) is 6.92 Å². The minimum absolute atomic E-state index is 0.0552. The molecule has 0 fully saturated rings. The highest BCUT2D eigenvalue weighted by Crippen LogP contribution is 2.33. The van der Waals surface area contributed by atoms with Gasteiger partial charge in [-0.15, -0.1) is 0 Å². The molecule has 1 unspecified atom stereocenters. The monoisotopic (exact) mass is 441 g/mol. The number of nitrogens with one attached hydrogen (secondary N) is 1. The maximum absolute atomic E-state index is 10.3. The Hall–Kier alpha value is -3.07. The maximum Gasteiger partial charge on any atom is 0.190 e. The molecule has 1 aliphatic rings. The molecule has 1 atom stereocenters. The molecule has 8 N–H and O–H groups in total. The van der Waals surface area contributed by atoms with Crippen molar-refractivity contribution in [2.24, 2.45) is 10.7 Å². The fourth-order valence-corrected chi connectivity index (χ4v) is 4.08. The van der Waals surface area contributed by atoms with Crippen LogP contribution in [0.4, 0.5) is 11.6 Å². The highest BCUT2D eigenvalue weighted by atomic mass is 16.5. The van der Waals surface area contributed by atoms with Gasteiger partial charge in [0.15, 0.2) is 18.0 Å². The van der Waals surface area contributed by atoms with E-state index in [0.29, 0.717) is 18.8 Å².